The first-order valence-electron chi connectivity index (χ1n) is 4.51. The molecular formula is C6H5Cl6N3OP3+. The van der Waals surface area contributed by atoms with Crippen LogP contribution < -0.4 is 4.52 Å². The lowest BCUT2D eigenvalue weighted by atomic mass is 10.3. The van der Waals surface area contributed by atoms with Crippen molar-refractivity contribution in [1.29, 1.82) is 0 Å². The molecule has 0 saturated carbocycles. The second-order valence-corrected chi connectivity index (χ2v) is 15.8. The molecule has 2 rings (SSSR count). The SMILES string of the molecule is ClN1P(Cl)N=P(Cl)(Cl)N(Cl)[P+]1(Cl)Oc1ccccc1. The van der Waals surface area contributed by atoms with E-state index in [2.05, 4.69) is 4.52 Å². The molecule has 1 heterocycles. The zero-order chi connectivity index (χ0) is 14.3. The van der Waals surface area contributed by atoms with E-state index in [1.54, 1.807) is 24.3 Å². The predicted octanol–water partition coefficient (Wildman–Crippen LogP) is 7.80. The van der Waals surface area contributed by atoms with Gasteiger partial charge in [-0.3, -0.25) is 4.52 Å². The van der Waals surface area contributed by atoms with Crippen LogP contribution in [0.1, 0.15) is 0 Å². The third-order valence-corrected chi connectivity index (χ3v) is 17.4. The van der Waals surface area contributed by atoms with Crippen LogP contribution in [0.15, 0.2) is 34.8 Å². The maximum atomic E-state index is 6.40. The molecule has 1 aromatic carbocycles. The number of hydrogen-bond donors (Lipinski definition) is 0. The van der Waals surface area contributed by atoms with Gasteiger partial charge in [0.25, 0.3) is 13.5 Å². The third kappa shape index (κ3) is 3.58. The molecule has 0 fully saturated rings. The standard InChI is InChI=1S/C6H5Cl6N3OP3/c7-14-17(9)13-18(10,11)15(8)19(14,12)16-6-4-2-1-3-5-6/h1-5H/q+1. The molecule has 2 unspecified atom stereocenters. The summed E-state index contributed by atoms with van der Waals surface area (Å²) in [6.45, 7) is 0. The first kappa shape index (κ1) is 17.1. The van der Waals surface area contributed by atoms with E-state index in [0.717, 1.165) is 7.92 Å². The van der Waals surface area contributed by atoms with Gasteiger partial charge in [0.15, 0.2) is 17.0 Å². The summed E-state index contributed by atoms with van der Waals surface area (Å²) in [5.74, 6) is -2.58. The van der Waals surface area contributed by atoms with Crippen molar-refractivity contribution in [3.63, 3.8) is 0 Å². The number of benzene rings is 1. The highest BCUT2D eigenvalue weighted by Crippen LogP contribution is 2.93. The second kappa shape index (κ2) is 6.49. The highest BCUT2D eigenvalue weighted by atomic mass is 35.9. The van der Waals surface area contributed by atoms with Gasteiger partial charge in [-0.25, -0.2) is 0 Å². The lowest BCUT2D eigenvalue weighted by Crippen LogP contribution is -2.20. The Labute approximate surface area is 141 Å². The summed E-state index contributed by atoms with van der Waals surface area (Å²) in [5.41, 5.74) is 0. The van der Waals surface area contributed by atoms with Crippen LogP contribution in [0, 0.1) is 0 Å². The van der Waals surface area contributed by atoms with Gasteiger partial charge in [0.05, 0.1) is 0 Å². The minimum Gasteiger partial charge on any atom is -0.289 e. The van der Waals surface area contributed by atoms with Gasteiger partial charge in [-0.2, -0.15) is 4.52 Å². The monoisotopic (exact) mass is 438 g/mol. The highest BCUT2D eigenvalue weighted by molar-refractivity contribution is 8.20. The topological polar surface area (TPSA) is 28.1 Å². The lowest BCUT2D eigenvalue weighted by molar-refractivity contribution is 0.566. The van der Waals surface area contributed by atoms with Crippen molar-refractivity contribution < 1.29 is 4.52 Å². The third-order valence-electron chi connectivity index (χ3n) is 1.89. The molecule has 0 aliphatic carbocycles. The minimum atomic E-state index is -3.19. The zero-order valence-electron chi connectivity index (χ0n) is 8.75. The number of rotatable bonds is 2. The van der Waals surface area contributed by atoms with Crippen molar-refractivity contribution in [1.82, 2.24) is 7.92 Å². The van der Waals surface area contributed by atoms with Gasteiger partial charge in [-0.05, 0) is 45.9 Å². The molecule has 4 nitrogen and oxygen atoms in total. The summed E-state index contributed by atoms with van der Waals surface area (Å²) in [4.78, 5) is 0. The van der Waals surface area contributed by atoms with Crippen LogP contribution in [-0.4, -0.2) is 7.92 Å². The van der Waals surface area contributed by atoms with Crippen molar-refractivity contribution in [2.24, 2.45) is 4.52 Å². The Bertz CT molecular complexity index is 516. The van der Waals surface area contributed by atoms with Gasteiger partial charge in [0.2, 0.25) is 0 Å². The molecule has 1 aliphatic rings. The van der Waals surface area contributed by atoms with Crippen LogP contribution in [-0.2, 0) is 0 Å². The van der Waals surface area contributed by atoms with Crippen molar-refractivity contribution in [3.05, 3.63) is 30.3 Å². The molecule has 0 bridgehead atoms. The van der Waals surface area contributed by atoms with Gasteiger partial charge in [-0.1, -0.05) is 18.2 Å². The van der Waals surface area contributed by atoms with E-state index < -0.39 is 20.6 Å². The number of nitrogens with zero attached hydrogens (tertiary/aromatic N) is 3. The average molecular weight is 441 g/mol. The van der Waals surface area contributed by atoms with Crippen molar-refractivity contribution in [3.8, 4) is 5.75 Å². The number of halogens is 6. The molecule has 2 atom stereocenters. The first-order chi connectivity index (χ1) is 8.77. The Morgan fingerprint density at radius 3 is 2.37 bits per heavy atom. The maximum Gasteiger partial charge on any atom is 0.481 e. The molecule has 0 N–H and O–H groups in total. The molecule has 1 aromatic rings. The molecule has 1 aliphatic heterocycles. The van der Waals surface area contributed by atoms with Crippen molar-refractivity contribution in [2.45, 2.75) is 0 Å². The van der Waals surface area contributed by atoms with Gasteiger partial charge >= 0.3 is 7.14 Å². The molecule has 106 valence electrons. The van der Waals surface area contributed by atoms with Crippen LogP contribution in [0.5, 0.6) is 5.75 Å². The van der Waals surface area contributed by atoms with Gasteiger partial charge in [-0.15, -0.1) is 0 Å². The highest BCUT2D eigenvalue weighted by Gasteiger charge is 2.66. The molecule has 13 heteroatoms. The van der Waals surface area contributed by atoms with Gasteiger partial charge < -0.3 is 0 Å². The molecule has 0 saturated heterocycles. The van der Waals surface area contributed by atoms with Crippen molar-refractivity contribution in [2.75, 3.05) is 0 Å². The van der Waals surface area contributed by atoms with E-state index in [4.69, 9.17) is 73.0 Å². The Morgan fingerprint density at radius 2 is 1.79 bits per heavy atom. The summed E-state index contributed by atoms with van der Waals surface area (Å²) in [5, 5.41) is 0. The molecule has 0 aromatic heterocycles. The Morgan fingerprint density at radius 1 is 1.21 bits per heavy atom. The van der Waals surface area contributed by atoms with E-state index >= 15 is 0 Å². The summed E-state index contributed by atoms with van der Waals surface area (Å²) in [6.07, 6.45) is 0. The van der Waals surface area contributed by atoms with Gasteiger partial charge in [0.1, 0.15) is 0 Å². The van der Waals surface area contributed by atoms with E-state index in [-0.39, 0.29) is 0 Å². The molecule has 0 amide bonds. The second-order valence-electron chi connectivity index (χ2n) is 3.14. The summed E-state index contributed by atoms with van der Waals surface area (Å²) in [6, 6.07) is 8.78. The minimum absolute atomic E-state index is 0.470. The molecule has 0 spiro atoms. The smallest absolute Gasteiger partial charge is 0.289 e. The Balaban J connectivity index is 2.38. The lowest BCUT2D eigenvalue weighted by Gasteiger charge is -2.33. The Hall–Kier alpha value is 1.77. The molecule has 0 radical (unpaired) electrons. The van der Waals surface area contributed by atoms with E-state index in [1.807, 2.05) is 6.07 Å². The summed E-state index contributed by atoms with van der Waals surface area (Å²) < 4.78 is 11.6. The van der Waals surface area contributed by atoms with Gasteiger partial charge in [0, 0.05) is 31.5 Å². The number of hydrogen-bond acceptors (Lipinski definition) is 4. The fourth-order valence-corrected chi connectivity index (χ4v) is 15.6. The van der Waals surface area contributed by atoms with Crippen LogP contribution >= 0.6 is 89.1 Å². The van der Waals surface area contributed by atoms with Crippen LogP contribution in [0.4, 0.5) is 0 Å². The van der Waals surface area contributed by atoms with Crippen molar-refractivity contribution >= 4 is 89.1 Å². The maximum absolute atomic E-state index is 6.40. The first-order valence-corrected chi connectivity index (χ1v) is 13.4. The van der Waals surface area contributed by atoms with Crippen LogP contribution in [0.2, 0.25) is 0 Å². The summed E-state index contributed by atoms with van der Waals surface area (Å²) >= 11 is 36.6. The summed E-state index contributed by atoms with van der Waals surface area (Å²) in [7, 11) is -4.89. The molecule has 19 heavy (non-hydrogen) atoms. The largest absolute Gasteiger partial charge is 0.481 e. The molecular weight excluding hydrogens is 436 g/mol. The Kier molecular flexibility index (Phi) is 5.85. The fraction of sp³-hybridized carbons (Fsp3) is 0. The van der Waals surface area contributed by atoms with Crippen LogP contribution in [0.3, 0.4) is 0 Å². The van der Waals surface area contributed by atoms with E-state index in [9.17, 15) is 0 Å². The van der Waals surface area contributed by atoms with Crippen LogP contribution in [0.25, 0.3) is 0 Å². The van der Waals surface area contributed by atoms with E-state index in [0.29, 0.717) is 5.75 Å². The zero-order valence-corrected chi connectivity index (χ0v) is 16.0. The fourth-order valence-electron chi connectivity index (χ4n) is 1.12. The normalized spacial score (nSPS) is 31.8. The quantitative estimate of drug-likeness (QED) is 0.347. The predicted molar refractivity (Wildman–Crippen MR) is 89.1 cm³/mol. The number of para-hydroxylation sites is 1. The average Bonchev–Trinajstić information content (AvgIpc) is 2.36. The van der Waals surface area contributed by atoms with E-state index in [1.165, 1.54) is 0 Å².